The molecule has 7 heteroatoms. The van der Waals surface area contributed by atoms with Crippen molar-refractivity contribution >= 4 is 23.6 Å². The van der Waals surface area contributed by atoms with Crippen molar-refractivity contribution in [2.45, 2.75) is 77.4 Å². The second kappa shape index (κ2) is 9.06. The molecule has 4 N–H and O–H groups in total. The zero-order valence-electron chi connectivity index (χ0n) is 18.1. The molecular formula is C23H33N3O4. The van der Waals surface area contributed by atoms with Crippen molar-refractivity contribution in [2.75, 3.05) is 5.32 Å². The van der Waals surface area contributed by atoms with Crippen molar-refractivity contribution in [1.82, 2.24) is 5.32 Å². The topological polar surface area (TPSA) is 111 Å². The molecule has 1 aromatic carbocycles. The Morgan fingerprint density at radius 3 is 2.27 bits per heavy atom. The van der Waals surface area contributed by atoms with E-state index in [9.17, 15) is 14.4 Å². The first-order valence-corrected chi connectivity index (χ1v) is 10.8. The molecule has 3 amide bonds. The van der Waals surface area contributed by atoms with Crippen LogP contribution < -0.4 is 16.4 Å². The smallest absolute Gasteiger partial charge is 0.404 e. The maximum atomic E-state index is 12.0. The average molecular weight is 416 g/mol. The summed E-state index contributed by atoms with van der Waals surface area (Å²) in [6.07, 6.45) is 4.00. The van der Waals surface area contributed by atoms with Crippen LogP contribution in [0.15, 0.2) is 24.3 Å². The number of piperidine rings is 1. The summed E-state index contributed by atoms with van der Waals surface area (Å²) in [5.41, 5.74) is 7.10. The largest absolute Gasteiger partial charge is 0.446 e. The van der Waals surface area contributed by atoms with Gasteiger partial charge in [0.1, 0.15) is 6.10 Å². The lowest BCUT2D eigenvalue weighted by molar-refractivity contribution is -0.134. The van der Waals surface area contributed by atoms with E-state index in [1.54, 1.807) is 0 Å². The molecule has 3 rings (SSSR count). The molecule has 7 nitrogen and oxygen atoms in total. The molecule has 164 valence electrons. The molecule has 30 heavy (non-hydrogen) atoms. The highest BCUT2D eigenvalue weighted by atomic mass is 16.6. The fourth-order valence-corrected chi connectivity index (χ4v) is 4.73. The second-order valence-corrected chi connectivity index (χ2v) is 9.61. The Kier molecular flexibility index (Phi) is 6.68. The summed E-state index contributed by atoms with van der Waals surface area (Å²) in [6.45, 7) is 6.24. The summed E-state index contributed by atoms with van der Waals surface area (Å²) in [4.78, 5) is 34.7. The van der Waals surface area contributed by atoms with Gasteiger partial charge in [-0.15, -0.1) is 0 Å². The highest BCUT2D eigenvalue weighted by Gasteiger charge is 2.37. The summed E-state index contributed by atoms with van der Waals surface area (Å²) < 4.78 is 5.46. The van der Waals surface area contributed by atoms with Crippen molar-refractivity contribution in [3.8, 4) is 0 Å². The van der Waals surface area contributed by atoms with Crippen LogP contribution in [0.1, 0.15) is 70.8 Å². The minimum absolute atomic E-state index is 0.147. The number of rotatable bonds is 5. The van der Waals surface area contributed by atoms with Crippen LogP contribution in [0, 0.1) is 11.3 Å². The first-order valence-electron chi connectivity index (χ1n) is 10.8. The summed E-state index contributed by atoms with van der Waals surface area (Å²) in [5, 5.41) is 5.99. The Morgan fingerprint density at radius 2 is 1.73 bits per heavy atom. The van der Waals surface area contributed by atoms with E-state index >= 15 is 0 Å². The van der Waals surface area contributed by atoms with Crippen LogP contribution in [-0.2, 0) is 14.3 Å². The number of nitrogens with one attached hydrogen (secondary N) is 2. The molecule has 2 aliphatic rings. The number of hydrogen-bond donors (Lipinski definition) is 3. The lowest BCUT2D eigenvalue weighted by Gasteiger charge is -2.39. The molecule has 1 aliphatic heterocycles. The van der Waals surface area contributed by atoms with E-state index in [1.807, 2.05) is 24.3 Å². The fraction of sp³-hybridized carbons (Fsp3) is 0.609. The molecule has 0 bridgehead atoms. The molecule has 1 heterocycles. The molecule has 0 spiro atoms. The standard InChI is InChI=1S/C23H33N3O4/c1-23(2,3)20(30-22(24)29)15-6-10-17(11-7-15)25-16-8-4-14(5-9-16)18-12-13-19(27)26-21(18)28/h4-5,8-9,15,17-18,20,25H,6-7,10-13H2,1-3H3,(H2,24,29)(H,26,27,28)/t15?,17?,18-,20-/m0/s1. The molecule has 0 radical (unpaired) electrons. The van der Waals surface area contributed by atoms with E-state index in [2.05, 4.69) is 31.4 Å². The summed E-state index contributed by atoms with van der Waals surface area (Å²) in [7, 11) is 0. The van der Waals surface area contributed by atoms with Gasteiger partial charge in [0.05, 0.1) is 5.92 Å². The number of imide groups is 1. The second-order valence-electron chi connectivity index (χ2n) is 9.61. The first-order chi connectivity index (χ1) is 14.1. The SMILES string of the molecule is CC(C)(C)[C@@H](OC(N)=O)C1CCC(Nc2ccc([C@@H]3CCC(=O)NC3=O)cc2)CC1. The molecular weight excluding hydrogens is 382 g/mol. The number of carbonyl (C=O) groups excluding carboxylic acids is 3. The van der Waals surface area contributed by atoms with E-state index in [0.29, 0.717) is 24.8 Å². The van der Waals surface area contributed by atoms with Gasteiger partial charge < -0.3 is 15.8 Å². The lowest BCUT2D eigenvalue weighted by Crippen LogP contribution is -2.42. The highest BCUT2D eigenvalue weighted by molar-refractivity contribution is 6.00. The normalized spacial score (nSPS) is 25.9. The molecule has 0 aromatic heterocycles. The quantitative estimate of drug-likeness (QED) is 0.635. The van der Waals surface area contributed by atoms with Gasteiger partial charge in [-0.25, -0.2) is 4.79 Å². The maximum Gasteiger partial charge on any atom is 0.404 e. The third-order valence-electron chi connectivity index (χ3n) is 6.22. The van der Waals surface area contributed by atoms with E-state index in [0.717, 1.165) is 36.9 Å². The number of nitrogens with two attached hydrogens (primary N) is 1. The zero-order chi connectivity index (χ0) is 21.9. The third-order valence-corrected chi connectivity index (χ3v) is 6.22. The molecule has 2 atom stereocenters. The minimum atomic E-state index is -0.703. The van der Waals surface area contributed by atoms with Crippen LogP contribution in [0.3, 0.4) is 0 Å². The van der Waals surface area contributed by atoms with Gasteiger partial charge in [-0.2, -0.15) is 0 Å². The van der Waals surface area contributed by atoms with Crippen LogP contribution in [-0.4, -0.2) is 30.1 Å². The van der Waals surface area contributed by atoms with Crippen molar-refractivity contribution in [1.29, 1.82) is 0 Å². The van der Waals surface area contributed by atoms with Crippen LogP contribution in [0.4, 0.5) is 10.5 Å². The van der Waals surface area contributed by atoms with Crippen LogP contribution in [0.25, 0.3) is 0 Å². The van der Waals surface area contributed by atoms with Crippen molar-refractivity contribution in [3.63, 3.8) is 0 Å². The predicted molar refractivity (Wildman–Crippen MR) is 115 cm³/mol. The van der Waals surface area contributed by atoms with Gasteiger partial charge in [-0.05, 0) is 61.1 Å². The predicted octanol–water partition coefficient (Wildman–Crippen LogP) is 3.69. The van der Waals surface area contributed by atoms with Gasteiger partial charge >= 0.3 is 6.09 Å². The fourth-order valence-electron chi connectivity index (χ4n) is 4.73. The first kappa shape index (κ1) is 22.1. The molecule has 2 fully saturated rings. The summed E-state index contributed by atoms with van der Waals surface area (Å²) in [6, 6.07) is 8.28. The van der Waals surface area contributed by atoms with E-state index in [1.165, 1.54) is 0 Å². The monoisotopic (exact) mass is 415 g/mol. The van der Waals surface area contributed by atoms with Crippen molar-refractivity contribution in [2.24, 2.45) is 17.1 Å². The number of anilines is 1. The van der Waals surface area contributed by atoms with Crippen LogP contribution >= 0.6 is 0 Å². The third kappa shape index (κ3) is 5.52. The van der Waals surface area contributed by atoms with Crippen LogP contribution in [0.5, 0.6) is 0 Å². The van der Waals surface area contributed by atoms with E-state index in [4.69, 9.17) is 10.5 Å². The van der Waals surface area contributed by atoms with Gasteiger partial charge in [-0.1, -0.05) is 32.9 Å². The molecule has 1 aliphatic carbocycles. The Hall–Kier alpha value is -2.57. The summed E-state index contributed by atoms with van der Waals surface area (Å²) in [5.74, 6) is -0.353. The molecule has 1 saturated heterocycles. The molecule has 1 saturated carbocycles. The highest BCUT2D eigenvalue weighted by Crippen LogP contribution is 2.37. The van der Waals surface area contributed by atoms with Gasteiger partial charge in [0, 0.05) is 18.2 Å². The number of carbonyl (C=O) groups is 3. The number of ether oxygens (including phenoxy) is 1. The molecule has 1 aromatic rings. The Bertz CT molecular complexity index is 777. The number of amides is 3. The van der Waals surface area contributed by atoms with Crippen LogP contribution in [0.2, 0.25) is 0 Å². The average Bonchev–Trinajstić information content (AvgIpc) is 2.67. The van der Waals surface area contributed by atoms with Crippen molar-refractivity contribution in [3.05, 3.63) is 29.8 Å². The molecule has 0 unspecified atom stereocenters. The summed E-state index contributed by atoms with van der Waals surface area (Å²) >= 11 is 0. The van der Waals surface area contributed by atoms with Gasteiger partial charge in [0.15, 0.2) is 0 Å². The zero-order valence-corrected chi connectivity index (χ0v) is 18.1. The lowest BCUT2D eigenvalue weighted by atomic mass is 9.73. The Labute approximate surface area is 178 Å². The Morgan fingerprint density at radius 1 is 1.10 bits per heavy atom. The van der Waals surface area contributed by atoms with Gasteiger partial charge in [0.2, 0.25) is 11.8 Å². The maximum absolute atomic E-state index is 12.0. The van der Waals surface area contributed by atoms with E-state index in [-0.39, 0.29) is 29.3 Å². The van der Waals surface area contributed by atoms with E-state index < -0.39 is 6.09 Å². The van der Waals surface area contributed by atoms with Gasteiger partial charge in [-0.3, -0.25) is 14.9 Å². The minimum Gasteiger partial charge on any atom is -0.446 e. The van der Waals surface area contributed by atoms with Gasteiger partial charge in [0.25, 0.3) is 0 Å². The number of benzene rings is 1. The van der Waals surface area contributed by atoms with Crippen molar-refractivity contribution < 1.29 is 19.1 Å². The number of hydrogen-bond acceptors (Lipinski definition) is 5. The number of primary amides is 1. The Balaban J connectivity index is 1.54.